The van der Waals surface area contributed by atoms with Gasteiger partial charge in [-0.25, -0.2) is 0 Å². The first kappa shape index (κ1) is 12.2. The van der Waals surface area contributed by atoms with E-state index in [-0.39, 0.29) is 5.91 Å². The minimum atomic E-state index is -0.249. The van der Waals surface area contributed by atoms with Gasteiger partial charge in [-0.2, -0.15) is 0 Å². The van der Waals surface area contributed by atoms with Crippen LogP contribution in [0.5, 0.6) is 0 Å². The molecule has 0 aliphatic carbocycles. The third kappa shape index (κ3) is 2.47. The Morgan fingerprint density at radius 2 is 2.00 bits per heavy atom. The zero-order valence-corrected chi connectivity index (χ0v) is 10.6. The van der Waals surface area contributed by atoms with Gasteiger partial charge in [-0.1, -0.05) is 35.5 Å². The van der Waals surface area contributed by atoms with Crippen LogP contribution in [0.1, 0.15) is 16.1 Å². The molecule has 0 aliphatic heterocycles. The number of furan rings is 1. The number of rotatable bonds is 4. The zero-order chi connectivity index (χ0) is 13.8. The largest absolute Gasteiger partial charge is 0.467 e. The maximum atomic E-state index is 12.1. The minimum absolute atomic E-state index is 0.249. The van der Waals surface area contributed by atoms with E-state index in [2.05, 4.69) is 10.5 Å². The van der Waals surface area contributed by atoms with Gasteiger partial charge in [0.1, 0.15) is 23.3 Å². The molecule has 0 aliphatic rings. The van der Waals surface area contributed by atoms with Crippen molar-refractivity contribution in [3.63, 3.8) is 0 Å². The van der Waals surface area contributed by atoms with Crippen LogP contribution in [0.3, 0.4) is 0 Å². The third-order valence-electron chi connectivity index (χ3n) is 2.86. The van der Waals surface area contributed by atoms with Crippen LogP contribution < -0.4 is 5.32 Å². The molecule has 1 aromatic carbocycles. The summed E-state index contributed by atoms with van der Waals surface area (Å²) in [6.07, 6.45) is 2.91. The molecule has 0 bridgehead atoms. The molecule has 0 unspecified atom stereocenters. The van der Waals surface area contributed by atoms with Crippen molar-refractivity contribution in [1.82, 2.24) is 10.5 Å². The lowest BCUT2D eigenvalue weighted by Gasteiger charge is -2.03. The number of hydrogen-bond acceptors (Lipinski definition) is 4. The molecule has 0 spiro atoms. The predicted octanol–water partition coefficient (Wildman–Crippen LogP) is 2.86. The fourth-order valence-electron chi connectivity index (χ4n) is 1.88. The molecule has 1 amide bonds. The number of benzene rings is 1. The van der Waals surface area contributed by atoms with Crippen molar-refractivity contribution in [2.24, 2.45) is 0 Å². The van der Waals surface area contributed by atoms with Gasteiger partial charge in [0.15, 0.2) is 0 Å². The van der Waals surface area contributed by atoms with Crippen LogP contribution in [0.4, 0.5) is 0 Å². The first-order chi connectivity index (χ1) is 9.84. The predicted molar refractivity (Wildman–Crippen MR) is 71.8 cm³/mol. The number of amides is 1. The van der Waals surface area contributed by atoms with Crippen LogP contribution in [0.25, 0.3) is 11.3 Å². The molecule has 0 radical (unpaired) electrons. The molecule has 3 aromatic rings. The third-order valence-corrected chi connectivity index (χ3v) is 2.86. The van der Waals surface area contributed by atoms with Gasteiger partial charge in [0.05, 0.1) is 12.8 Å². The van der Waals surface area contributed by atoms with Gasteiger partial charge in [0.2, 0.25) is 0 Å². The quantitative estimate of drug-likeness (QED) is 0.790. The van der Waals surface area contributed by atoms with E-state index in [1.54, 1.807) is 18.4 Å². The average molecular weight is 268 g/mol. The van der Waals surface area contributed by atoms with Crippen LogP contribution in [0, 0.1) is 0 Å². The summed E-state index contributed by atoms with van der Waals surface area (Å²) in [6, 6.07) is 13.0. The average Bonchev–Trinajstić information content (AvgIpc) is 3.17. The van der Waals surface area contributed by atoms with Crippen molar-refractivity contribution in [1.29, 1.82) is 0 Å². The van der Waals surface area contributed by atoms with Crippen molar-refractivity contribution >= 4 is 5.91 Å². The SMILES string of the molecule is O=C(NCc1ccco1)c1conc1-c1ccccc1. The van der Waals surface area contributed by atoms with E-state index >= 15 is 0 Å². The molecule has 100 valence electrons. The Morgan fingerprint density at radius 3 is 2.75 bits per heavy atom. The van der Waals surface area contributed by atoms with Crippen molar-refractivity contribution in [3.8, 4) is 11.3 Å². The summed E-state index contributed by atoms with van der Waals surface area (Å²) in [5.74, 6) is 0.442. The Hall–Kier alpha value is -2.82. The van der Waals surface area contributed by atoms with Crippen molar-refractivity contribution < 1.29 is 13.7 Å². The van der Waals surface area contributed by atoms with Crippen molar-refractivity contribution in [2.75, 3.05) is 0 Å². The molecular weight excluding hydrogens is 256 g/mol. The van der Waals surface area contributed by atoms with Crippen LogP contribution in [0.15, 0.2) is 63.9 Å². The summed E-state index contributed by atoms with van der Waals surface area (Å²) in [7, 11) is 0. The molecule has 5 nitrogen and oxygen atoms in total. The second-order valence-electron chi connectivity index (χ2n) is 4.20. The number of aromatic nitrogens is 1. The van der Waals surface area contributed by atoms with E-state index in [1.165, 1.54) is 6.26 Å². The molecule has 0 saturated heterocycles. The van der Waals surface area contributed by atoms with E-state index in [1.807, 2.05) is 30.3 Å². The molecule has 5 heteroatoms. The van der Waals surface area contributed by atoms with Gasteiger partial charge in [-0.15, -0.1) is 0 Å². The normalized spacial score (nSPS) is 10.4. The van der Waals surface area contributed by atoms with Gasteiger partial charge in [-0.05, 0) is 12.1 Å². The summed E-state index contributed by atoms with van der Waals surface area (Å²) in [5, 5.41) is 6.66. The highest BCUT2D eigenvalue weighted by Gasteiger charge is 2.17. The monoisotopic (exact) mass is 268 g/mol. The Kier molecular flexibility index (Phi) is 3.33. The lowest BCUT2D eigenvalue weighted by Crippen LogP contribution is -2.22. The van der Waals surface area contributed by atoms with E-state index in [9.17, 15) is 4.79 Å². The van der Waals surface area contributed by atoms with E-state index < -0.39 is 0 Å². The summed E-state index contributed by atoms with van der Waals surface area (Å²) in [5.41, 5.74) is 1.77. The summed E-state index contributed by atoms with van der Waals surface area (Å²) in [4.78, 5) is 12.1. The second kappa shape index (κ2) is 5.44. The van der Waals surface area contributed by atoms with Crippen LogP contribution in [-0.2, 0) is 6.54 Å². The van der Waals surface area contributed by atoms with Gasteiger partial charge >= 0.3 is 0 Å². The Morgan fingerprint density at radius 1 is 1.15 bits per heavy atom. The van der Waals surface area contributed by atoms with E-state index in [0.29, 0.717) is 23.6 Å². The Bertz CT molecular complexity index is 687. The lowest BCUT2D eigenvalue weighted by atomic mass is 10.1. The zero-order valence-electron chi connectivity index (χ0n) is 10.6. The number of carbonyl (C=O) groups excluding carboxylic acids is 1. The molecule has 20 heavy (non-hydrogen) atoms. The molecule has 2 aromatic heterocycles. The highest BCUT2D eigenvalue weighted by Crippen LogP contribution is 2.21. The van der Waals surface area contributed by atoms with Gasteiger partial charge in [0, 0.05) is 5.56 Å². The molecule has 1 N–H and O–H groups in total. The minimum Gasteiger partial charge on any atom is -0.467 e. The number of nitrogens with zero attached hydrogens (tertiary/aromatic N) is 1. The summed E-state index contributed by atoms with van der Waals surface area (Å²) < 4.78 is 10.1. The Balaban J connectivity index is 1.77. The first-order valence-corrected chi connectivity index (χ1v) is 6.15. The van der Waals surface area contributed by atoms with Crippen LogP contribution in [-0.4, -0.2) is 11.1 Å². The van der Waals surface area contributed by atoms with E-state index in [0.717, 1.165) is 5.56 Å². The maximum Gasteiger partial charge on any atom is 0.257 e. The van der Waals surface area contributed by atoms with Crippen molar-refractivity contribution in [3.05, 3.63) is 66.3 Å². The lowest BCUT2D eigenvalue weighted by molar-refractivity contribution is 0.0948. The molecular formula is C15H12N2O3. The second-order valence-corrected chi connectivity index (χ2v) is 4.20. The number of carbonyl (C=O) groups is 1. The molecule has 0 saturated carbocycles. The number of hydrogen-bond donors (Lipinski definition) is 1. The van der Waals surface area contributed by atoms with Gasteiger partial charge < -0.3 is 14.3 Å². The van der Waals surface area contributed by atoms with Crippen LogP contribution in [0.2, 0.25) is 0 Å². The summed E-state index contributed by atoms with van der Waals surface area (Å²) in [6.45, 7) is 0.325. The fraction of sp³-hybridized carbons (Fsp3) is 0.0667. The molecule has 3 rings (SSSR count). The van der Waals surface area contributed by atoms with Gasteiger partial charge in [-0.3, -0.25) is 4.79 Å². The topological polar surface area (TPSA) is 68.3 Å². The highest BCUT2D eigenvalue weighted by atomic mass is 16.5. The Labute approximate surface area is 115 Å². The fourth-order valence-corrected chi connectivity index (χ4v) is 1.88. The first-order valence-electron chi connectivity index (χ1n) is 6.15. The van der Waals surface area contributed by atoms with Gasteiger partial charge in [0.25, 0.3) is 5.91 Å². The van der Waals surface area contributed by atoms with Crippen molar-refractivity contribution in [2.45, 2.75) is 6.54 Å². The maximum absolute atomic E-state index is 12.1. The number of nitrogens with one attached hydrogen (secondary N) is 1. The summed E-state index contributed by atoms with van der Waals surface area (Å²) >= 11 is 0. The molecule has 0 fully saturated rings. The standard InChI is InChI=1S/C15H12N2O3/c18-15(16-9-12-7-4-8-19-12)13-10-20-17-14(13)11-5-2-1-3-6-11/h1-8,10H,9H2,(H,16,18). The molecule has 0 atom stereocenters. The van der Waals surface area contributed by atoms with E-state index in [4.69, 9.17) is 8.94 Å². The highest BCUT2D eigenvalue weighted by molar-refractivity contribution is 5.99. The van der Waals surface area contributed by atoms with Crippen LogP contribution >= 0.6 is 0 Å². The molecule has 2 heterocycles. The smallest absolute Gasteiger partial charge is 0.257 e.